The molecule has 3 amide bonds. The standard InChI is InChI=1S/C28H36N2O9/c1-22(31)29-23-6-8-24(9-7-23)39-21-20-38-19-18-37-17-16-36-15-14-35-13-12-34-11-10-30-27(32)25-4-2-3-5-26(25)28(30)33/h2-9H,10-21H2,1H3,(H,29,31). The van der Waals surface area contributed by atoms with E-state index in [9.17, 15) is 14.4 Å². The van der Waals surface area contributed by atoms with Crippen LogP contribution in [0.5, 0.6) is 5.75 Å². The largest absolute Gasteiger partial charge is 0.491 e. The van der Waals surface area contributed by atoms with Gasteiger partial charge in [-0.1, -0.05) is 12.1 Å². The number of carbonyl (C=O) groups excluding carboxylic acids is 3. The van der Waals surface area contributed by atoms with Gasteiger partial charge >= 0.3 is 0 Å². The normalized spacial score (nSPS) is 12.6. The Kier molecular flexibility index (Phi) is 13.4. The molecular formula is C28H36N2O9. The summed E-state index contributed by atoms with van der Waals surface area (Å²) in [7, 11) is 0. The molecule has 0 aliphatic carbocycles. The van der Waals surface area contributed by atoms with Crippen molar-refractivity contribution in [1.29, 1.82) is 0 Å². The third kappa shape index (κ3) is 10.7. The maximum Gasteiger partial charge on any atom is 0.261 e. The zero-order chi connectivity index (χ0) is 27.7. The molecule has 0 atom stereocenters. The number of fused-ring (bicyclic) bond motifs is 1. The Morgan fingerprint density at radius 1 is 0.641 bits per heavy atom. The van der Waals surface area contributed by atoms with E-state index in [-0.39, 0.29) is 30.9 Å². The summed E-state index contributed by atoms with van der Waals surface area (Å²) in [6.45, 7) is 6.26. The Labute approximate surface area is 228 Å². The second-order valence-corrected chi connectivity index (χ2v) is 8.42. The summed E-state index contributed by atoms with van der Waals surface area (Å²) in [4.78, 5) is 36.8. The number of amides is 3. The van der Waals surface area contributed by atoms with Crippen molar-refractivity contribution in [2.75, 3.05) is 84.5 Å². The number of rotatable bonds is 20. The zero-order valence-electron chi connectivity index (χ0n) is 22.2. The van der Waals surface area contributed by atoms with Crippen LogP contribution in [-0.4, -0.2) is 102 Å². The minimum absolute atomic E-state index is 0.115. The molecule has 1 N–H and O–H groups in total. The van der Waals surface area contributed by atoms with Crippen LogP contribution in [0.1, 0.15) is 27.6 Å². The average molecular weight is 545 g/mol. The van der Waals surface area contributed by atoms with Gasteiger partial charge in [-0.05, 0) is 36.4 Å². The van der Waals surface area contributed by atoms with E-state index in [1.807, 2.05) is 0 Å². The molecule has 11 nitrogen and oxygen atoms in total. The van der Waals surface area contributed by atoms with Gasteiger partial charge in [0.2, 0.25) is 5.91 Å². The SMILES string of the molecule is CC(=O)Nc1ccc(OCCOCCOCCOCCOCCOCCN2C(=O)c3ccccc3C2=O)cc1. The summed E-state index contributed by atoms with van der Waals surface area (Å²) in [5, 5.41) is 2.70. The third-order valence-electron chi connectivity index (χ3n) is 5.50. The predicted octanol–water partition coefficient (Wildman–Crippen LogP) is 2.40. The second kappa shape index (κ2) is 17.3. The molecule has 39 heavy (non-hydrogen) atoms. The highest BCUT2D eigenvalue weighted by atomic mass is 16.6. The smallest absolute Gasteiger partial charge is 0.261 e. The number of carbonyl (C=O) groups is 3. The summed E-state index contributed by atoms with van der Waals surface area (Å²) in [6.07, 6.45) is 0. The Balaban J connectivity index is 1.04. The number of nitrogens with zero attached hydrogens (tertiary/aromatic N) is 1. The van der Waals surface area contributed by atoms with E-state index in [0.717, 1.165) is 5.69 Å². The highest BCUT2D eigenvalue weighted by Crippen LogP contribution is 2.21. The van der Waals surface area contributed by atoms with Crippen molar-refractivity contribution in [2.45, 2.75) is 6.92 Å². The summed E-state index contributed by atoms with van der Waals surface area (Å²) in [6, 6.07) is 13.9. The number of ether oxygens (including phenoxy) is 6. The summed E-state index contributed by atoms with van der Waals surface area (Å²) in [5.74, 6) is 0.0322. The lowest BCUT2D eigenvalue weighted by atomic mass is 10.1. The molecule has 0 spiro atoms. The van der Waals surface area contributed by atoms with Crippen LogP contribution in [0.4, 0.5) is 5.69 Å². The molecule has 1 aliphatic heterocycles. The molecule has 2 aromatic carbocycles. The third-order valence-corrected chi connectivity index (χ3v) is 5.50. The Morgan fingerprint density at radius 3 is 1.54 bits per heavy atom. The maximum atomic E-state index is 12.3. The van der Waals surface area contributed by atoms with Crippen molar-refractivity contribution < 1.29 is 42.8 Å². The van der Waals surface area contributed by atoms with Crippen LogP contribution in [0.3, 0.4) is 0 Å². The van der Waals surface area contributed by atoms with E-state index in [4.69, 9.17) is 28.4 Å². The van der Waals surface area contributed by atoms with Gasteiger partial charge in [-0.2, -0.15) is 0 Å². The van der Waals surface area contributed by atoms with Gasteiger partial charge in [0.1, 0.15) is 12.4 Å². The van der Waals surface area contributed by atoms with Gasteiger partial charge in [-0.15, -0.1) is 0 Å². The van der Waals surface area contributed by atoms with Crippen molar-refractivity contribution in [3.63, 3.8) is 0 Å². The lowest BCUT2D eigenvalue weighted by molar-refractivity contribution is -0.114. The van der Waals surface area contributed by atoms with Crippen molar-refractivity contribution in [2.24, 2.45) is 0 Å². The van der Waals surface area contributed by atoms with Gasteiger partial charge in [0.05, 0.1) is 83.7 Å². The number of anilines is 1. The van der Waals surface area contributed by atoms with Crippen molar-refractivity contribution in [3.8, 4) is 5.75 Å². The van der Waals surface area contributed by atoms with Crippen LogP contribution in [-0.2, 0) is 28.5 Å². The summed E-state index contributed by atoms with van der Waals surface area (Å²) < 4.78 is 32.9. The van der Waals surface area contributed by atoms with Crippen molar-refractivity contribution in [1.82, 2.24) is 4.90 Å². The van der Waals surface area contributed by atoms with E-state index in [2.05, 4.69) is 5.32 Å². The molecule has 0 aromatic heterocycles. The Morgan fingerprint density at radius 2 is 1.08 bits per heavy atom. The fraction of sp³-hybridized carbons (Fsp3) is 0.464. The van der Waals surface area contributed by atoms with Gasteiger partial charge in [0.15, 0.2) is 0 Å². The minimum atomic E-state index is -0.279. The molecule has 1 aliphatic rings. The van der Waals surface area contributed by atoms with E-state index in [0.29, 0.717) is 82.9 Å². The molecule has 0 bridgehead atoms. The molecule has 1 heterocycles. The number of hydrogen-bond donors (Lipinski definition) is 1. The summed E-state index contributed by atoms with van der Waals surface area (Å²) in [5.41, 5.74) is 1.60. The fourth-order valence-corrected chi connectivity index (χ4v) is 3.64. The molecule has 2 aromatic rings. The predicted molar refractivity (Wildman–Crippen MR) is 142 cm³/mol. The first-order valence-electron chi connectivity index (χ1n) is 12.9. The molecular weight excluding hydrogens is 508 g/mol. The first-order valence-corrected chi connectivity index (χ1v) is 12.9. The zero-order valence-corrected chi connectivity index (χ0v) is 22.2. The van der Waals surface area contributed by atoms with Crippen LogP contribution in [0.25, 0.3) is 0 Å². The molecule has 0 saturated heterocycles. The van der Waals surface area contributed by atoms with Crippen molar-refractivity contribution >= 4 is 23.4 Å². The van der Waals surface area contributed by atoms with Crippen LogP contribution in [0, 0.1) is 0 Å². The van der Waals surface area contributed by atoms with Crippen LogP contribution < -0.4 is 10.1 Å². The fourth-order valence-electron chi connectivity index (χ4n) is 3.64. The van der Waals surface area contributed by atoms with Gasteiger partial charge in [-0.3, -0.25) is 19.3 Å². The number of nitrogens with one attached hydrogen (secondary N) is 1. The van der Waals surface area contributed by atoms with Crippen LogP contribution in [0.15, 0.2) is 48.5 Å². The maximum absolute atomic E-state index is 12.3. The summed E-state index contributed by atoms with van der Waals surface area (Å²) >= 11 is 0. The molecule has 0 saturated carbocycles. The number of hydrogen-bond acceptors (Lipinski definition) is 9. The van der Waals surface area contributed by atoms with Gasteiger partial charge in [0.25, 0.3) is 11.8 Å². The first-order chi connectivity index (χ1) is 19.1. The van der Waals surface area contributed by atoms with E-state index in [1.54, 1.807) is 48.5 Å². The van der Waals surface area contributed by atoms with Gasteiger partial charge < -0.3 is 33.7 Å². The monoisotopic (exact) mass is 544 g/mol. The molecule has 0 fully saturated rings. The lowest BCUT2D eigenvalue weighted by Gasteiger charge is -2.13. The van der Waals surface area contributed by atoms with Gasteiger partial charge in [-0.25, -0.2) is 0 Å². The minimum Gasteiger partial charge on any atom is -0.491 e. The quantitative estimate of drug-likeness (QED) is 0.198. The molecule has 11 heteroatoms. The Hall–Kier alpha value is -3.35. The van der Waals surface area contributed by atoms with E-state index >= 15 is 0 Å². The van der Waals surface area contributed by atoms with Gasteiger partial charge in [0, 0.05) is 12.6 Å². The number of imide groups is 1. The lowest BCUT2D eigenvalue weighted by Crippen LogP contribution is -2.33. The highest BCUT2D eigenvalue weighted by Gasteiger charge is 2.34. The molecule has 3 rings (SSSR count). The second-order valence-electron chi connectivity index (χ2n) is 8.42. The first kappa shape index (κ1) is 30.2. The highest BCUT2D eigenvalue weighted by molar-refractivity contribution is 6.21. The van der Waals surface area contributed by atoms with E-state index in [1.165, 1.54) is 11.8 Å². The van der Waals surface area contributed by atoms with E-state index < -0.39 is 0 Å². The Bertz CT molecular complexity index is 1010. The average Bonchev–Trinajstić information content (AvgIpc) is 3.18. The van der Waals surface area contributed by atoms with Crippen molar-refractivity contribution in [3.05, 3.63) is 59.7 Å². The molecule has 212 valence electrons. The topological polar surface area (TPSA) is 122 Å². The number of benzene rings is 2. The molecule has 0 radical (unpaired) electrons. The molecule has 0 unspecified atom stereocenters. The van der Waals surface area contributed by atoms with Crippen LogP contribution in [0.2, 0.25) is 0 Å². The van der Waals surface area contributed by atoms with Crippen LogP contribution >= 0.6 is 0 Å².